The number of nitro benzene ring substituents is 1. The molecule has 0 spiro atoms. The molecule has 0 unspecified atom stereocenters. The fourth-order valence-corrected chi connectivity index (χ4v) is 3.78. The molecule has 1 fully saturated rings. The van der Waals surface area contributed by atoms with Gasteiger partial charge in [-0.3, -0.25) is 10.1 Å². The van der Waals surface area contributed by atoms with E-state index in [2.05, 4.69) is 5.32 Å². The lowest BCUT2D eigenvalue weighted by atomic mass is 10.1. The van der Waals surface area contributed by atoms with Crippen molar-refractivity contribution in [1.82, 2.24) is 5.32 Å². The highest BCUT2D eigenvalue weighted by molar-refractivity contribution is 7.91. The van der Waals surface area contributed by atoms with Gasteiger partial charge in [0.2, 0.25) is 0 Å². The van der Waals surface area contributed by atoms with E-state index in [1.807, 2.05) is 0 Å². The van der Waals surface area contributed by atoms with Gasteiger partial charge in [-0.25, -0.2) is 8.42 Å². The Balaban J connectivity index is 1.94. The summed E-state index contributed by atoms with van der Waals surface area (Å²) in [4.78, 5) is 10.0. The Kier molecular flexibility index (Phi) is 3.83. The van der Waals surface area contributed by atoms with E-state index in [0.29, 0.717) is 6.54 Å². The Hall–Kier alpha value is -1.51. The zero-order chi connectivity index (χ0) is 14.0. The van der Waals surface area contributed by atoms with E-state index in [-0.39, 0.29) is 17.2 Å². The van der Waals surface area contributed by atoms with Crippen molar-refractivity contribution in [3.63, 3.8) is 0 Å². The maximum absolute atomic E-state index is 11.3. The van der Waals surface area contributed by atoms with Gasteiger partial charge in [-0.15, -0.1) is 0 Å². The van der Waals surface area contributed by atoms with E-state index >= 15 is 0 Å². The minimum absolute atomic E-state index is 0.00669. The van der Waals surface area contributed by atoms with E-state index in [0.717, 1.165) is 5.56 Å². The van der Waals surface area contributed by atoms with E-state index in [9.17, 15) is 23.6 Å². The molecular formula is C11H14N2O5S. The molecule has 2 N–H and O–H groups in total. The molecule has 0 radical (unpaired) electrons. The van der Waals surface area contributed by atoms with Crippen LogP contribution in [0.3, 0.4) is 0 Å². The second-order valence-electron chi connectivity index (χ2n) is 4.56. The number of aliphatic hydroxyl groups is 1. The van der Waals surface area contributed by atoms with Gasteiger partial charge in [0.05, 0.1) is 22.5 Å². The molecule has 0 aliphatic carbocycles. The standard InChI is InChI=1S/C11H14N2O5S/c14-11-7-19(17,18)6-10(11)12-5-8-1-3-9(4-2-8)13(15)16/h1-4,10-12,14H,5-7H2/t10-,11+/m1/s1. The van der Waals surface area contributed by atoms with Crippen molar-refractivity contribution in [3.05, 3.63) is 39.9 Å². The van der Waals surface area contributed by atoms with E-state index < -0.39 is 26.9 Å². The van der Waals surface area contributed by atoms with Crippen LogP contribution in [-0.4, -0.2) is 42.1 Å². The fraction of sp³-hybridized carbons (Fsp3) is 0.455. The predicted octanol–water partition coefficient (Wildman–Crippen LogP) is -0.158. The molecule has 8 heteroatoms. The first kappa shape index (κ1) is 13.9. The lowest BCUT2D eigenvalue weighted by Crippen LogP contribution is -2.38. The van der Waals surface area contributed by atoms with Gasteiger partial charge in [-0.1, -0.05) is 12.1 Å². The number of nitro groups is 1. The van der Waals surface area contributed by atoms with Crippen LogP contribution < -0.4 is 5.32 Å². The van der Waals surface area contributed by atoms with Gasteiger partial charge in [-0.2, -0.15) is 0 Å². The molecule has 1 aliphatic rings. The molecule has 7 nitrogen and oxygen atoms in total. The van der Waals surface area contributed by atoms with Crippen LogP contribution in [0.1, 0.15) is 5.56 Å². The highest BCUT2D eigenvalue weighted by Gasteiger charge is 2.35. The Morgan fingerprint density at radius 1 is 1.32 bits per heavy atom. The lowest BCUT2D eigenvalue weighted by Gasteiger charge is -2.14. The summed E-state index contributed by atoms with van der Waals surface area (Å²) in [6, 6.07) is 5.49. The molecule has 2 atom stereocenters. The quantitative estimate of drug-likeness (QED) is 0.588. The molecule has 19 heavy (non-hydrogen) atoms. The second-order valence-corrected chi connectivity index (χ2v) is 6.71. The zero-order valence-corrected chi connectivity index (χ0v) is 10.8. The average molecular weight is 286 g/mol. The van der Waals surface area contributed by atoms with Gasteiger partial charge < -0.3 is 10.4 Å². The summed E-state index contributed by atoms with van der Waals surface area (Å²) in [6.45, 7) is 0.356. The van der Waals surface area contributed by atoms with Crippen LogP contribution in [-0.2, 0) is 16.4 Å². The zero-order valence-electron chi connectivity index (χ0n) is 10.0. The SMILES string of the molecule is O=[N+]([O-])c1ccc(CN[C@@H]2CS(=O)(=O)C[C@@H]2O)cc1. The molecule has 1 aliphatic heterocycles. The van der Waals surface area contributed by atoms with Crippen LogP contribution in [0.5, 0.6) is 0 Å². The Morgan fingerprint density at radius 2 is 1.95 bits per heavy atom. The maximum atomic E-state index is 11.3. The summed E-state index contributed by atoms with van der Waals surface area (Å²) in [7, 11) is -3.17. The summed E-state index contributed by atoms with van der Waals surface area (Å²) in [5.74, 6) is -0.300. The summed E-state index contributed by atoms with van der Waals surface area (Å²) in [6.07, 6.45) is -0.900. The van der Waals surface area contributed by atoms with Gasteiger partial charge in [0.1, 0.15) is 0 Å². The van der Waals surface area contributed by atoms with Crippen molar-refractivity contribution in [1.29, 1.82) is 0 Å². The van der Waals surface area contributed by atoms with Gasteiger partial charge >= 0.3 is 0 Å². The minimum atomic E-state index is -3.17. The van der Waals surface area contributed by atoms with Crippen LogP contribution in [0, 0.1) is 10.1 Å². The molecule has 1 heterocycles. The molecule has 0 aromatic heterocycles. The third kappa shape index (κ3) is 3.49. The number of hydrogen-bond donors (Lipinski definition) is 2. The van der Waals surface area contributed by atoms with Gasteiger partial charge in [-0.05, 0) is 5.56 Å². The summed E-state index contributed by atoms with van der Waals surface area (Å²) < 4.78 is 22.6. The maximum Gasteiger partial charge on any atom is 0.269 e. The smallest absolute Gasteiger partial charge is 0.269 e. The van der Waals surface area contributed by atoms with Crippen LogP contribution >= 0.6 is 0 Å². The first-order chi connectivity index (χ1) is 8.87. The third-order valence-electron chi connectivity index (χ3n) is 3.04. The molecule has 1 aromatic rings. The average Bonchev–Trinajstić information content (AvgIpc) is 2.60. The number of nitrogens with one attached hydrogen (secondary N) is 1. The van der Waals surface area contributed by atoms with Crippen LogP contribution in [0.15, 0.2) is 24.3 Å². The van der Waals surface area contributed by atoms with Crippen molar-refractivity contribution >= 4 is 15.5 Å². The summed E-state index contributed by atoms with van der Waals surface area (Å²) in [5.41, 5.74) is 0.800. The fourth-order valence-electron chi connectivity index (χ4n) is 2.01. The van der Waals surface area contributed by atoms with Crippen molar-refractivity contribution in [2.24, 2.45) is 0 Å². The molecule has 104 valence electrons. The number of hydrogen-bond acceptors (Lipinski definition) is 6. The van der Waals surface area contributed by atoms with Crippen molar-refractivity contribution in [3.8, 4) is 0 Å². The highest BCUT2D eigenvalue weighted by Crippen LogP contribution is 2.15. The number of nitrogens with zero attached hydrogens (tertiary/aromatic N) is 1. The minimum Gasteiger partial charge on any atom is -0.390 e. The van der Waals surface area contributed by atoms with Gasteiger partial charge in [0.15, 0.2) is 9.84 Å². The third-order valence-corrected chi connectivity index (χ3v) is 4.75. The van der Waals surface area contributed by atoms with Crippen molar-refractivity contribution < 1.29 is 18.4 Å². The van der Waals surface area contributed by atoms with Crippen LogP contribution in [0.4, 0.5) is 5.69 Å². The molecule has 0 bridgehead atoms. The van der Waals surface area contributed by atoms with Crippen molar-refractivity contribution in [2.45, 2.75) is 18.7 Å². The summed E-state index contributed by atoms with van der Waals surface area (Å²) >= 11 is 0. The predicted molar refractivity (Wildman–Crippen MR) is 68.4 cm³/mol. The molecule has 0 amide bonds. The van der Waals surface area contributed by atoms with E-state index in [1.54, 1.807) is 12.1 Å². The van der Waals surface area contributed by atoms with E-state index in [4.69, 9.17) is 0 Å². The lowest BCUT2D eigenvalue weighted by molar-refractivity contribution is -0.384. The largest absolute Gasteiger partial charge is 0.390 e. The molecule has 1 aromatic carbocycles. The number of aliphatic hydroxyl groups excluding tert-OH is 1. The number of benzene rings is 1. The highest BCUT2D eigenvalue weighted by atomic mass is 32.2. The number of non-ortho nitro benzene ring substituents is 1. The topological polar surface area (TPSA) is 110 Å². The monoisotopic (exact) mass is 286 g/mol. The number of rotatable bonds is 4. The second kappa shape index (κ2) is 5.24. The molecule has 1 saturated heterocycles. The van der Waals surface area contributed by atoms with Crippen LogP contribution in [0.2, 0.25) is 0 Å². The van der Waals surface area contributed by atoms with Gasteiger partial charge in [0, 0.05) is 24.7 Å². The van der Waals surface area contributed by atoms with Gasteiger partial charge in [0.25, 0.3) is 5.69 Å². The first-order valence-electron chi connectivity index (χ1n) is 5.72. The first-order valence-corrected chi connectivity index (χ1v) is 7.55. The molecule has 2 rings (SSSR count). The molecular weight excluding hydrogens is 272 g/mol. The number of sulfone groups is 1. The summed E-state index contributed by atoms with van der Waals surface area (Å²) in [5, 5.41) is 23.0. The Bertz CT molecular complexity index is 569. The van der Waals surface area contributed by atoms with Crippen molar-refractivity contribution in [2.75, 3.05) is 11.5 Å². The Labute approximate surface area is 110 Å². The normalized spacial score (nSPS) is 25.3. The molecule has 0 saturated carbocycles. The van der Waals surface area contributed by atoms with Crippen LogP contribution in [0.25, 0.3) is 0 Å². The van der Waals surface area contributed by atoms with E-state index in [1.165, 1.54) is 12.1 Å². The Morgan fingerprint density at radius 3 is 2.42 bits per heavy atom.